The fourth-order valence-corrected chi connectivity index (χ4v) is 4.16. The molecule has 1 aliphatic rings. The van der Waals surface area contributed by atoms with Crippen LogP contribution < -0.4 is 5.73 Å². The van der Waals surface area contributed by atoms with E-state index >= 15 is 0 Å². The molecule has 0 bridgehead atoms. The normalized spacial score (nSPS) is 22.6. The summed E-state index contributed by atoms with van der Waals surface area (Å²) < 4.78 is 25.5. The van der Waals surface area contributed by atoms with E-state index in [9.17, 15) is 8.42 Å². The largest absolute Gasteiger partial charge is 0.369 e. The summed E-state index contributed by atoms with van der Waals surface area (Å²) in [7, 11) is -2.17. The molecular formula is C17H20N4O2S2. The van der Waals surface area contributed by atoms with Crippen molar-refractivity contribution in [1.29, 1.82) is 0 Å². The first kappa shape index (κ1) is 19.1. The van der Waals surface area contributed by atoms with E-state index in [2.05, 4.69) is 41.0 Å². The van der Waals surface area contributed by atoms with Crippen LogP contribution in [0.1, 0.15) is 25.0 Å². The van der Waals surface area contributed by atoms with Gasteiger partial charge in [-0.2, -0.15) is 0 Å². The molecule has 0 fully saturated rings. The van der Waals surface area contributed by atoms with Crippen molar-refractivity contribution in [3.8, 4) is 11.8 Å². The van der Waals surface area contributed by atoms with E-state index in [1.54, 1.807) is 32.3 Å². The standard InChI is InChI=1S/C17H20N4O2S2/c1-5-6-13-8-14(10-19-9-13)12(2)7-15(24)17(3)11-25(22,23)21(4)16(18)20-17/h7-10,24H,2,11H2,1,3-4H3,(H2,18,20)/b15-7-/t17-/m0/s1. The highest BCUT2D eigenvalue weighted by Gasteiger charge is 2.40. The SMILES string of the molecule is C=C(/C=C(\S)[C@]1(C)CS(=O)(=O)N(C)C(N)=N1)c1cncc(C#CC)c1. The Labute approximate surface area is 154 Å². The Morgan fingerprint density at radius 2 is 2.20 bits per heavy atom. The van der Waals surface area contributed by atoms with Crippen molar-refractivity contribution >= 4 is 34.2 Å². The second-order valence-electron chi connectivity index (χ2n) is 5.86. The fraction of sp³-hybridized carbons (Fsp3) is 0.294. The van der Waals surface area contributed by atoms with Crippen molar-refractivity contribution < 1.29 is 8.42 Å². The molecule has 1 aromatic heterocycles. The lowest BCUT2D eigenvalue weighted by atomic mass is 10.0. The number of nitrogens with two attached hydrogens (primary N) is 1. The minimum Gasteiger partial charge on any atom is -0.369 e. The Morgan fingerprint density at radius 1 is 1.52 bits per heavy atom. The maximum absolute atomic E-state index is 12.2. The predicted octanol–water partition coefficient (Wildman–Crippen LogP) is 1.63. The Bertz CT molecular complexity index is 939. The Morgan fingerprint density at radius 3 is 2.80 bits per heavy atom. The summed E-state index contributed by atoms with van der Waals surface area (Å²) in [5.41, 5.74) is 6.84. The van der Waals surface area contributed by atoms with Gasteiger partial charge in [-0.15, -0.1) is 18.5 Å². The number of nitrogens with zero attached hydrogens (tertiary/aromatic N) is 3. The van der Waals surface area contributed by atoms with E-state index < -0.39 is 15.6 Å². The lowest BCUT2D eigenvalue weighted by molar-refractivity contribution is 0.508. The Kier molecular flexibility index (Phi) is 5.30. The zero-order valence-corrected chi connectivity index (χ0v) is 16.0. The van der Waals surface area contributed by atoms with Crippen molar-refractivity contribution in [3.63, 3.8) is 0 Å². The van der Waals surface area contributed by atoms with Crippen LogP contribution in [0.5, 0.6) is 0 Å². The molecule has 0 aromatic carbocycles. The third-order valence-electron chi connectivity index (χ3n) is 3.81. The number of allylic oxidation sites excluding steroid dienone is 2. The van der Waals surface area contributed by atoms with E-state index in [0.717, 1.165) is 15.4 Å². The molecule has 8 heteroatoms. The Balaban J connectivity index is 2.39. The third kappa shape index (κ3) is 4.06. The van der Waals surface area contributed by atoms with E-state index in [0.29, 0.717) is 10.5 Å². The van der Waals surface area contributed by atoms with Crippen LogP contribution in [-0.4, -0.2) is 42.0 Å². The van der Waals surface area contributed by atoms with Gasteiger partial charge < -0.3 is 5.73 Å². The first-order valence-electron chi connectivity index (χ1n) is 7.39. The van der Waals surface area contributed by atoms with Gasteiger partial charge in [0, 0.05) is 35.5 Å². The van der Waals surface area contributed by atoms with E-state index in [-0.39, 0.29) is 11.7 Å². The summed E-state index contributed by atoms with van der Waals surface area (Å²) in [4.78, 5) is 8.89. The van der Waals surface area contributed by atoms with Gasteiger partial charge in [0.15, 0.2) is 0 Å². The molecule has 0 unspecified atom stereocenters. The van der Waals surface area contributed by atoms with Crippen LogP contribution in [0.15, 0.2) is 41.0 Å². The monoisotopic (exact) mass is 376 g/mol. The topological polar surface area (TPSA) is 88.7 Å². The second-order valence-corrected chi connectivity index (χ2v) is 8.34. The summed E-state index contributed by atoms with van der Waals surface area (Å²) in [5.74, 6) is 5.45. The number of thiol groups is 1. The van der Waals surface area contributed by atoms with Gasteiger partial charge in [-0.1, -0.05) is 12.5 Å². The highest BCUT2D eigenvalue weighted by molar-refractivity contribution is 7.90. The molecule has 2 rings (SSSR count). The predicted molar refractivity (Wildman–Crippen MR) is 104 cm³/mol. The molecule has 0 spiro atoms. The average Bonchev–Trinajstić information content (AvgIpc) is 2.52. The summed E-state index contributed by atoms with van der Waals surface area (Å²) in [6.45, 7) is 7.43. The van der Waals surface area contributed by atoms with Crippen LogP contribution >= 0.6 is 12.6 Å². The molecule has 25 heavy (non-hydrogen) atoms. The maximum Gasteiger partial charge on any atom is 0.239 e. The summed E-state index contributed by atoms with van der Waals surface area (Å²) >= 11 is 4.47. The lowest BCUT2D eigenvalue weighted by Gasteiger charge is -2.34. The third-order valence-corrected chi connectivity index (χ3v) is 6.37. The van der Waals surface area contributed by atoms with Crippen molar-refractivity contribution in [1.82, 2.24) is 9.29 Å². The minimum absolute atomic E-state index is 0.0683. The first-order chi connectivity index (χ1) is 11.6. The summed E-state index contributed by atoms with van der Waals surface area (Å²) in [5, 5.41) is 0. The molecule has 0 radical (unpaired) electrons. The summed E-state index contributed by atoms with van der Waals surface area (Å²) in [6.07, 6.45) is 5.00. The molecular weight excluding hydrogens is 356 g/mol. The van der Waals surface area contributed by atoms with E-state index in [4.69, 9.17) is 5.73 Å². The van der Waals surface area contributed by atoms with Crippen molar-refractivity contribution in [2.24, 2.45) is 10.7 Å². The van der Waals surface area contributed by atoms with Crippen molar-refractivity contribution in [2.75, 3.05) is 12.8 Å². The molecule has 6 nitrogen and oxygen atoms in total. The van der Waals surface area contributed by atoms with Gasteiger partial charge in [-0.25, -0.2) is 17.7 Å². The molecule has 0 saturated heterocycles. The highest BCUT2D eigenvalue weighted by Crippen LogP contribution is 2.32. The fourth-order valence-electron chi connectivity index (χ4n) is 2.31. The van der Waals surface area contributed by atoms with Crippen LogP contribution in [-0.2, 0) is 10.0 Å². The van der Waals surface area contributed by atoms with Gasteiger partial charge in [-0.05, 0) is 31.6 Å². The molecule has 0 aliphatic carbocycles. The first-order valence-corrected chi connectivity index (χ1v) is 9.45. The van der Waals surface area contributed by atoms with Crippen LogP contribution in [0.25, 0.3) is 5.57 Å². The number of pyridine rings is 1. The molecule has 0 amide bonds. The zero-order chi connectivity index (χ0) is 18.8. The summed E-state index contributed by atoms with van der Waals surface area (Å²) in [6, 6.07) is 1.86. The molecule has 1 atom stereocenters. The van der Waals surface area contributed by atoms with Crippen LogP contribution in [0, 0.1) is 11.8 Å². The number of sulfonamides is 1. The molecule has 1 aromatic rings. The number of hydrogen-bond acceptors (Lipinski definition) is 6. The molecule has 132 valence electrons. The average molecular weight is 377 g/mol. The molecule has 2 N–H and O–H groups in total. The van der Waals surface area contributed by atoms with Crippen LogP contribution in [0.3, 0.4) is 0 Å². The van der Waals surface area contributed by atoms with Crippen LogP contribution in [0.4, 0.5) is 0 Å². The quantitative estimate of drug-likeness (QED) is 0.477. The number of aliphatic imine (C=N–C) groups is 1. The van der Waals surface area contributed by atoms with Gasteiger partial charge in [-0.3, -0.25) is 4.98 Å². The Hall–Kier alpha value is -2.24. The van der Waals surface area contributed by atoms with Crippen LogP contribution in [0.2, 0.25) is 0 Å². The van der Waals surface area contributed by atoms with E-state index in [1.807, 2.05) is 6.07 Å². The van der Waals surface area contributed by atoms with Crippen molar-refractivity contribution in [2.45, 2.75) is 19.4 Å². The minimum atomic E-state index is -3.55. The number of guanidine groups is 1. The molecule has 1 aliphatic heterocycles. The van der Waals surface area contributed by atoms with Gasteiger partial charge >= 0.3 is 0 Å². The van der Waals surface area contributed by atoms with Crippen molar-refractivity contribution in [3.05, 3.63) is 47.1 Å². The smallest absolute Gasteiger partial charge is 0.239 e. The maximum atomic E-state index is 12.2. The van der Waals surface area contributed by atoms with Gasteiger partial charge in [0.25, 0.3) is 0 Å². The van der Waals surface area contributed by atoms with E-state index in [1.165, 1.54) is 7.05 Å². The second kappa shape index (κ2) is 6.94. The van der Waals surface area contributed by atoms with Gasteiger partial charge in [0.2, 0.25) is 16.0 Å². The zero-order valence-electron chi connectivity index (χ0n) is 14.3. The number of aromatic nitrogens is 1. The molecule has 2 heterocycles. The molecule has 0 saturated carbocycles. The number of hydrogen-bond donors (Lipinski definition) is 2. The highest BCUT2D eigenvalue weighted by atomic mass is 32.2. The lowest BCUT2D eigenvalue weighted by Crippen LogP contribution is -2.51. The van der Waals surface area contributed by atoms with Gasteiger partial charge in [0.1, 0.15) is 5.54 Å². The van der Waals surface area contributed by atoms with Gasteiger partial charge in [0.05, 0.1) is 5.75 Å². The number of rotatable bonds is 3.